The fourth-order valence-corrected chi connectivity index (χ4v) is 4.79. The fraction of sp³-hybridized carbons (Fsp3) is 0.190. The summed E-state index contributed by atoms with van der Waals surface area (Å²) in [4.78, 5) is 36.6. The summed E-state index contributed by atoms with van der Waals surface area (Å²) < 4.78 is 19.8. The molecule has 3 N–H and O–H groups in total. The van der Waals surface area contributed by atoms with E-state index in [-0.39, 0.29) is 27.0 Å². The van der Waals surface area contributed by atoms with Crippen LogP contribution < -0.4 is 11.1 Å². The van der Waals surface area contributed by atoms with Crippen LogP contribution in [-0.2, 0) is 16.1 Å². The number of carbonyl (C=O) groups excluding carboxylic acids is 3. The van der Waals surface area contributed by atoms with E-state index in [0.29, 0.717) is 28.7 Å². The van der Waals surface area contributed by atoms with E-state index in [4.69, 9.17) is 10.5 Å². The number of amides is 2. The lowest BCUT2D eigenvalue weighted by atomic mass is 10.1. The minimum absolute atomic E-state index is 0.0534. The van der Waals surface area contributed by atoms with Gasteiger partial charge < -0.3 is 15.8 Å². The smallest absolute Gasteiger partial charge is 0.341 e. The van der Waals surface area contributed by atoms with Crippen molar-refractivity contribution in [1.82, 2.24) is 14.8 Å². The minimum Gasteiger partial charge on any atom is -0.465 e. The first-order valence-corrected chi connectivity index (χ1v) is 11.3. The molecule has 0 unspecified atom stereocenters. The molecule has 0 aliphatic heterocycles. The molecule has 2 heterocycles. The number of anilines is 1. The second-order valence-electron chi connectivity index (χ2n) is 6.67. The van der Waals surface area contributed by atoms with Crippen LogP contribution >= 0.6 is 23.1 Å². The molecule has 9 nitrogen and oxygen atoms in total. The summed E-state index contributed by atoms with van der Waals surface area (Å²) in [5.41, 5.74) is 6.46. The normalized spacial score (nSPS) is 10.6. The van der Waals surface area contributed by atoms with E-state index in [9.17, 15) is 18.8 Å². The first-order chi connectivity index (χ1) is 15.8. The van der Waals surface area contributed by atoms with E-state index in [1.54, 1.807) is 29.7 Å². The molecule has 172 valence electrons. The quantitative estimate of drug-likeness (QED) is 0.268. The Bertz CT molecular complexity index is 1220. The molecular weight excluding hydrogens is 469 g/mol. The first kappa shape index (κ1) is 24.1. The molecule has 0 bridgehead atoms. The number of ether oxygens (including phenoxy) is 1. The number of carbonyl (C=O) groups is 3. The van der Waals surface area contributed by atoms with Gasteiger partial charge in [-0.15, -0.1) is 28.1 Å². The van der Waals surface area contributed by atoms with Crippen LogP contribution in [0.4, 0.5) is 9.39 Å². The number of halogens is 1. The third kappa shape index (κ3) is 5.29. The molecule has 3 rings (SSSR count). The van der Waals surface area contributed by atoms with Crippen molar-refractivity contribution >= 4 is 45.9 Å². The fourth-order valence-electron chi connectivity index (χ4n) is 2.98. The summed E-state index contributed by atoms with van der Waals surface area (Å²) in [6, 6.07) is 5.82. The second kappa shape index (κ2) is 10.4. The summed E-state index contributed by atoms with van der Waals surface area (Å²) in [5.74, 6) is -1.74. The molecule has 0 saturated heterocycles. The number of benzene rings is 1. The van der Waals surface area contributed by atoms with Gasteiger partial charge in [0, 0.05) is 12.1 Å². The van der Waals surface area contributed by atoms with Crippen LogP contribution in [0.5, 0.6) is 0 Å². The van der Waals surface area contributed by atoms with Crippen molar-refractivity contribution in [1.29, 1.82) is 0 Å². The number of hydrogen-bond donors (Lipinski definition) is 2. The second-order valence-corrected chi connectivity index (χ2v) is 8.63. The highest BCUT2D eigenvalue weighted by Crippen LogP contribution is 2.34. The Balaban J connectivity index is 1.79. The van der Waals surface area contributed by atoms with Gasteiger partial charge in [-0.2, -0.15) is 0 Å². The highest BCUT2D eigenvalue weighted by Gasteiger charge is 2.25. The maximum Gasteiger partial charge on any atom is 0.341 e. The molecule has 12 heteroatoms. The molecule has 0 spiro atoms. The molecule has 1 aromatic carbocycles. The topological polar surface area (TPSA) is 129 Å². The number of aromatic nitrogens is 3. The molecule has 2 amide bonds. The Morgan fingerprint density at radius 1 is 1.30 bits per heavy atom. The number of methoxy groups -OCH3 is 1. The maximum absolute atomic E-state index is 13.3. The Kier molecular flexibility index (Phi) is 7.61. The van der Waals surface area contributed by atoms with E-state index < -0.39 is 17.8 Å². The summed E-state index contributed by atoms with van der Waals surface area (Å²) in [6.07, 6.45) is 1.66. The number of allylic oxidation sites excluding steroid dienone is 1. The van der Waals surface area contributed by atoms with Crippen LogP contribution in [0.1, 0.15) is 25.6 Å². The SMILES string of the molecule is C=CCn1c(SCC(=O)Nc2sc(C(N)=O)c(C)c2C(=O)OC)nnc1-c1ccc(F)cc1. The molecule has 0 fully saturated rings. The van der Waals surface area contributed by atoms with Crippen LogP contribution in [0.15, 0.2) is 42.1 Å². The number of nitrogens with zero attached hydrogens (tertiary/aromatic N) is 3. The van der Waals surface area contributed by atoms with E-state index in [0.717, 1.165) is 23.1 Å². The number of hydrogen-bond acceptors (Lipinski definition) is 8. The van der Waals surface area contributed by atoms with Gasteiger partial charge in [-0.05, 0) is 36.8 Å². The molecule has 0 aliphatic rings. The van der Waals surface area contributed by atoms with Gasteiger partial charge in [0.25, 0.3) is 5.91 Å². The molecule has 33 heavy (non-hydrogen) atoms. The Morgan fingerprint density at radius 3 is 2.61 bits per heavy atom. The van der Waals surface area contributed by atoms with Crippen molar-refractivity contribution in [2.75, 3.05) is 18.2 Å². The van der Waals surface area contributed by atoms with Gasteiger partial charge in [-0.3, -0.25) is 14.2 Å². The standard InChI is InChI=1S/C21H20FN5O4S2/c1-4-9-27-18(12-5-7-13(22)8-6-12)25-26-21(27)32-10-14(28)24-19-15(20(30)31-3)11(2)16(33-19)17(23)29/h4-8H,1,9-10H2,2-3H3,(H2,23,29)(H,24,28). The van der Waals surface area contributed by atoms with Crippen LogP contribution in [0, 0.1) is 12.7 Å². The molecule has 0 radical (unpaired) electrons. The van der Waals surface area contributed by atoms with Crippen LogP contribution in [0.3, 0.4) is 0 Å². The van der Waals surface area contributed by atoms with Crippen molar-refractivity contribution in [2.24, 2.45) is 5.73 Å². The van der Waals surface area contributed by atoms with Crippen LogP contribution in [0.25, 0.3) is 11.4 Å². The number of thiophene rings is 1. The number of nitrogens with one attached hydrogen (secondary N) is 1. The van der Waals surface area contributed by atoms with Crippen molar-refractivity contribution < 1.29 is 23.5 Å². The van der Waals surface area contributed by atoms with Crippen molar-refractivity contribution in [3.05, 3.63) is 58.7 Å². The molecule has 0 aliphatic carbocycles. The zero-order chi connectivity index (χ0) is 24.1. The van der Waals surface area contributed by atoms with E-state index in [1.807, 2.05) is 0 Å². The lowest BCUT2D eigenvalue weighted by Gasteiger charge is -2.08. The minimum atomic E-state index is -0.705. The monoisotopic (exact) mass is 489 g/mol. The molecular formula is C21H20FN5O4S2. The third-order valence-corrected chi connectivity index (χ3v) is 6.66. The Morgan fingerprint density at radius 2 is 2.00 bits per heavy atom. The highest BCUT2D eigenvalue weighted by molar-refractivity contribution is 7.99. The highest BCUT2D eigenvalue weighted by atomic mass is 32.2. The van der Waals surface area contributed by atoms with Crippen LogP contribution in [-0.4, -0.2) is 45.4 Å². The Labute approximate surface area is 196 Å². The van der Waals surface area contributed by atoms with Crippen LogP contribution in [0.2, 0.25) is 0 Å². The number of primary amides is 1. The van der Waals surface area contributed by atoms with Gasteiger partial charge in [-0.25, -0.2) is 9.18 Å². The van der Waals surface area contributed by atoms with Gasteiger partial charge in [0.2, 0.25) is 5.91 Å². The van der Waals surface area contributed by atoms with Gasteiger partial charge in [-0.1, -0.05) is 17.8 Å². The van der Waals surface area contributed by atoms with Crippen molar-refractivity contribution in [3.63, 3.8) is 0 Å². The van der Waals surface area contributed by atoms with Crippen molar-refractivity contribution in [3.8, 4) is 11.4 Å². The molecule has 0 atom stereocenters. The Hall–Kier alpha value is -3.51. The van der Waals surface area contributed by atoms with E-state index in [1.165, 1.54) is 19.2 Å². The molecule has 0 saturated carbocycles. The average Bonchev–Trinajstić information content (AvgIpc) is 3.33. The van der Waals surface area contributed by atoms with Gasteiger partial charge in [0.1, 0.15) is 10.8 Å². The summed E-state index contributed by atoms with van der Waals surface area (Å²) in [6.45, 7) is 5.67. The zero-order valence-corrected chi connectivity index (χ0v) is 19.4. The predicted molar refractivity (Wildman–Crippen MR) is 124 cm³/mol. The lowest BCUT2D eigenvalue weighted by Crippen LogP contribution is -2.16. The zero-order valence-electron chi connectivity index (χ0n) is 17.8. The van der Waals surface area contributed by atoms with Gasteiger partial charge >= 0.3 is 5.97 Å². The molecule has 2 aromatic heterocycles. The molecule has 3 aromatic rings. The number of esters is 1. The lowest BCUT2D eigenvalue weighted by molar-refractivity contribution is -0.113. The largest absolute Gasteiger partial charge is 0.465 e. The number of thioether (sulfide) groups is 1. The first-order valence-electron chi connectivity index (χ1n) is 9.51. The van der Waals surface area contributed by atoms with Gasteiger partial charge in [0.15, 0.2) is 11.0 Å². The maximum atomic E-state index is 13.3. The number of nitrogens with two attached hydrogens (primary N) is 1. The van der Waals surface area contributed by atoms with E-state index >= 15 is 0 Å². The summed E-state index contributed by atoms with van der Waals surface area (Å²) in [5, 5.41) is 11.6. The van der Waals surface area contributed by atoms with Gasteiger partial charge in [0.05, 0.1) is 23.3 Å². The summed E-state index contributed by atoms with van der Waals surface area (Å²) in [7, 11) is 1.20. The van der Waals surface area contributed by atoms with E-state index in [2.05, 4.69) is 22.1 Å². The number of rotatable bonds is 9. The predicted octanol–water partition coefficient (Wildman–Crippen LogP) is 3.26. The van der Waals surface area contributed by atoms with Crippen molar-refractivity contribution in [2.45, 2.75) is 18.6 Å². The summed E-state index contributed by atoms with van der Waals surface area (Å²) >= 11 is 2.03. The average molecular weight is 490 g/mol. The third-order valence-electron chi connectivity index (χ3n) is 4.48.